The Morgan fingerprint density at radius 1 is 1.19 bits per heavy atom. The van der Waals surface area contributed by atoms with Crippen molar-refractivity contribution in [3.63, 3.8) is 0 Å². The molecule has 1 atom stereocenters. The number of urea groups is 1. The van der Waals surface area contributed by atoms with Crippen molar-refractivity contribution in [3.05, 3.63) is 29.8 Å². The highest BCUT2D eigenvalue weighted by molar-refractivity contribution is 5.89. The molecule has 3 amide bonds. The van der Waals surface area contributed by atoms with Crippen molar-refractivity contribution < 1.29 is 9.59 Å². The van der Waals surface area contributed by atoms with Crippen molar-refractivity contribution in [1.82, 2.24) is 14.7 Å². The number of aryl methyl sites for hydroxylation is 1. The molecule has 2 aliphatic heterocycles. The van der Waals surface area contributed by atoms with E-state index in [0.29, 0.717) is 18.9 Å². The van der Waals surface area contributed by atoms with E-state index < -0.39 is 0 Å². The molecule has 26 heavy (non-hydrogen) atoms. The minimum absolute atomic E-state index is 0.0136. The number of carbonyl (C=O) groups is 2. The molecule has 0 spiro atoms. The van der Waals surface area contributed by atoms with Gasteiger partial charge in [-0.05, 0) is 49.9 Å². The Bertz CT molecular complexity index is 646. The van der Waals surface area contributed by atoms with E-state index in [9.17, 15) is 9.59 Å². The number of anilines is 1. The lowest BCUT2D eigenvalue weighted by molar-refractivity contribution is -0.128. The van der Waals surface area contributed by atoms with Crippen molar-refractivity contribution in [2.24, 2.45) is 0 Å². The third-order valence-electron chi connectivity index (χ3n) is 5.40. The molecule has 0 bridgehead atoms. The van der Waals surface area contributed by atoms with Gasteiger partial charge in [0.25, 0.3) is 0 Å². The second kappa shape index (κ2) is 8.54. The zero-order chi connectivity index (χ0) is 18.5. The summed E-state index contributed by atoms with van der Waals surface area (Å²) < 4.78 is 0. The molecule has 0 saturated carbocycles. The Kier molecular flexibility index (Phi) is 6.14. The maximum atomic E-state index is 12.7. The molecule has 2 saturated heterocycles. The van der Waals surface area contributed by atoms with Crippen LogP contribution in [0.2, 0.25) is 0 Å². The quantitative estimate of drug-likeness (QED) is 0.899. The van der Waals surface area contributed by atoms with E-state index in [-0.39, 0.29) is 11.9 Å². The zero-order valence-electron chi connectivity index (χ0n) is 15.9. The maximum Gasteiger partial charge on any atom is 0.321 e. The summed E-state index contributed by atoms with van der Waals surface area (Å²) >= 11 is 0. The summed E-state index contributed by atoms with van der Waals surface area (Å²) in [7, 11) is 3.54. The van der Waals surface area contributed by atoms with Gasteiger partial charge >= 0.3 is 6.03 Å². The van der Waals surface area contributed by atoms with Crippen LogP contribution in [0.25, 0.3) is 0 Å². The number of carbonyl (C=O) groups excluding carboxylic acids is 2. The lowest BCUT2D eigenvalue weighted by atomic mass is 10.1. The second-order valence-corrected chi connectivity index (χ2v) is 7.55. The smallest absolute Gasteiger partial charge is 0.321 e. The number of amides is 3. The van der Waals surface area contributed by atoms with Crippen LogP contribution in [0.5, 0.6) is 0 Å². The Hall–Kier alpha value is -2.08. The van der Waals surface area contributed by atoms with Gasteiger partial charge in [0, 0.05) is 51.9 Å². The lowest BCUT2D eigenvalue weighted by Gasteiger charge is -2.26. The molecule has 1 aromatic rings. The van der Waals surface area contributed by atoms with Crippen LogP contribution in [0.4, 0.5) is 10.5 Å². The SMILES string of the molecule is CN(C)C(=O)CCc1cccc(NC(=O)N2CCCN3CCC[C@H]3C2)c1. The fourth-order valence-corrected chi connectivity index (χ4v) is 3.87. The van der Waals surface area contributed by atoms with Crippen LogP contribution in [-0.4, -0.2) is 73.0 Å². The van der Waals surface area contributed by atoms with Crippen LogP contribution in [0, 0.1) is 0 Å². The van der Waals surface area contributed by atoms with E-state index in [0.717, 1.165) is 37.3 Å². The molecule has 0 unspecified atom stereocenters. The summed E-state index contributed by atoms with van der Waals surface area (Å²) in [5, 5.41) is 3.04. The number of benzene rings is 1. The van der Waals surface area contributed by atoms with E-state index >= 15 is 0 Å². The van der Waals surface area contributed by atoms with Crippen LogP contribution < -0.4 is 5.32 Å². The molecule has 2 fully saturated rings. The van der Waals surface area contributed by atoms with Gasteiger partial charge in [-0.2, -0.15) is 0 Å². The van der Waals surface area contributed by atoms with E-state index in [1.165, 1.54) is 19.4 Å². The summed E-state index contributed by atoms with van der Waals surface area (Å²) in [6, 6.07) is 8.33. The van der Waals surface area contributed by atoms with Crippen LogP contribution in [0.1, 0.15) is 31.2 Å². The van der Waals surface area contributed by atoms with Gasteiger partial charge < -0.3 is 15.1 Å². The maximum absolute atomic E-state index is 12.7. The highest BCUT2D eigenvalue weighted by atomic mass is 16.2. The zero-order valence-corrected chi connectivity index (χ0v) is 15.9. The Morgan fingerprint density at radius 3 is 2.81 bits per heavy atom. The molecular weight excluding hydrogens is 328 g/mol. The molecule has 6 heteroatoms. The average Bonchev–Trinajstić information content (AvgIpc) is 2.96. The minimum atomic E-state index is -0.0136. The summed E-state index contributed by atoms with van der Waals surface area (Å²) in [6.07, 6.45) is 4.64. The molecule has 2 aliphatic rings. The fraction of sp³-hybridized carbons (Fsp3) is 0.600. The van der Waals surface area contributed by atoms with E-state index in [4.69, 9.17) is 0 Å². The van der Waals surface area contributed by atoms with E-state index in [2.05, 4.69) is 10.2 Å². The van der Waals surface area contributed by atoms with Gasteiger partial charge in [0.15, 0.2) is 0 Å². The number of hydrogen-bond donors (Lipinski definition) is 1. The number of nitrogens with zero attached hydrogens (tertiary/aromatic N) is 3. The van der Waals surface area contributed by atoms with E-state index in [1.54, 1.807) is 19.0 Å². The van der Waals surface area contributed by atoms with Gasteiger partial charge in [0.05, 0.1) is 0 Å². The Balaban J connectivity index is 1.57. The van der Waals surface area contributed by atoms with Crippen LogP contribution >= 0.6 is 0 Å². The minimum Gasteiger partial charge on any atom is -0.349 e. The molecule has 142 valence electrons. The van der Waals surface area contributed by atoms with Crippen LogP contribution in [0.15, 0.2) is 24.3 Å². The molecule has 3 rings (SSSR count). The van der Waals surface area contributed by atoms with Crippen molar-refractivity contribution in [2.75, 3.05) is 45.6 Å². The summed E-state index contributed by atoms with van der Waals surface area (Å²) in [5.74, 6) is 0.116. The molecule has 2 heterocycles. The molecular formula is C20H30N4O2. The molecule has 6 nitrogen and oxygen atoms in total. The highest BCUT2D eigenvalue weighted by Gasteiger charge is 2.30. The number of rotatable bonds is 4. The van der Waals surface area contributed by atoms with Gasteiger partial charge in [-0.15, -0.1) is 0 Å². The second-order valence-electron chi connectivity index (χ2n) is 7.55. The van der Waals surface area contributed by atoms with E-state index in [1.807, 2.05) is 29.2 Å². The number of nitrogens with one attached hydrogen (secondary N) is 1. The first kappa shape index (κ1) is 18.7. The Morgan fingerprint density at radius 2 is 2.00 bits per heavy atom. The van der Waals surface area contributed by atoms with Crippen LogP contribution in [-0.2, 0) is 11.2 Å². The summed E-state index contributed by atoms with van der Waals surface area (Å²) in [6.45, 7) is 3.91. The fourth-order valence-electron chi connectivity index (χ4n) is 3.87. The third kappa shape index (κ3) is 4.75. The highest BCUT2D eigenvalue weighted by Crippen LogP contribution is 2.22. The summed E-state index contributed by atoms with van der Waals surface area (Å²) in [5.41, 5.74) is 1.87. The lowest BCUT2D eigenvalue weighted by Crippen LogP contribution is -2.41. The Labute approximate surface area is 156 Å². The first-order chi connectivity index (χ1) is 12.5. The van der Waals surface area contributed by atoms with Gasteiger partial charge in [-0.1, -0.05) is 12.1 Å². The number of fused-ring (bicyclic) bond motifs is 1. The van der Waals surface area contributed by atoms with Crippen molar-refractivity contribution in [3.8, 4) is 0 Å². The largest absolute Gasteiger partial charge is 0.349 e. The molecule has 1 N–H and O–H groups in total. The molecule has 1 aromatic carbocycles. The number of hydrogen-bond acceptors (Lipinski definition) is 3. The standard InChI is InChI=1S/C20H30N4O2/c1-22(2)19(25)10-9-16-6-3-7-17(14-16)21-20(26)24-13-5-12-23-11-4-8-18(23)15-24/h3,6-7,14,18H,4-5,8-13,15H2,1-2H3,(H,21,26)/t18-/m0/s1. The van der Waals surface area contributed by atoms with Crippen LogP contribution in [0.3, 0.4) is 0 Å². The van der Waals surface area contributed by atoms with Gasteiger partial charge in [-0.25, -0.2) is 4.79 Å². The van der Waals surface area contributed by atoms with Crippen molar-refractivity contribution >= 4 is 17.6 Å². The monoisotopic (exact) mass is 358 g/mol. The molecule has 0 radical (unpaired) electrons. The van der Waals surface area contributed by atoms with Crippen molar-refractivity contribution in [1.29, 1.82) is 0 Å². The average molecular weight is 358 g/mol. The normalized spacial score (nSPS) is 20.4. The molecule has 0 aliphatic carbocycles. The third-order valence-corrected chi connectivity index (χ3v) is 5.40. The first-order valence-corrected chi connectivity index (χ1v) is 9.62. The van der Waals surface area contributed by atoms with Gasteiger partial charge in [-0.3, -0.25) is 9.69 Å². The summed E-state index contributed by atoms with van der Waals surface area (Å²) in [4.78, 5) is 30.6. The molecule has 0 aromatic heterocycles. The van der Waals surface area contributed by atoms with Gasteiger partial charge in [0.2, 0.25) is 5.91 Å². The van der Waals surface area contributed by atoms with Gasteiger partial charge in [0.1, 0.15) is 0 Å². The van der Waals surface area contributed by atoms with Crippen molar-refractivity contribution in [2.45, 2.75) is 38.1 Å². The first-order valence-electron chi connectivity index (χ1n) is 9.62. The predicted octanol–water partition coefficient (Wildman–Crippen LogP) is 2.41. The topological polar surface area (TPSA) is 55.9 Å². The predicted molar refractivity (Wildman–Crippen MR) is 103 cm³/mol.